The molecule has 0 saturated heterocycles. The van der Waals surface area contributed by atoms with Crippen LogP contribution < -0.4 is 5.73 Å². The number of phenols is 1. The summed E-state index contributed by atoms with van der Waals surface area (Å²) in [6.45, 7) is 0. The summed E-state index contributed by atoms with van der Waals surface area (Å²) in [4.78, 5) is 0. The van der Waals surface area contributed by atoms with E-state index in [1.807, 2.05) is 0 Å². The summed E-state index contributed by atoms with van der Waals surface area (Å²) in [7, 11) is 0. The largest absolute Gasteiger partial charge is 0.507 e. The molecule has 0 aromatic heterocycles. The Labute approximate surface area is 77.5 Å². The summed E-state index contributed by atoms with van der Waals surface area (Å²) in [6.07, 6.45) is -4.64. The number of aromatic hydroxyl groups is 1. The lowest BCUT2D eigenvalue weighted by Crippen LogP contribution is -2.13. The average molecular weight is 204 g/mol. The molecule has 0 aliphatic carbocycles. The monoisotopic (exact) mass is 204 g/mol. The number of nitrogen functional groups attached to an aromatic ring is 1. The fourth-order valence-electron chi connectivity index (χ4n) is 0.931. The van der Waals surface area contributed by atoms with E-state index in [4.69, 9.17) is 16.2 Å². The lowest BCUT2D eigenvalue weighted by Gasteiger charge is -2.09. The van der Waals surface area contributed by atoms with Crippen molar-refractivity contribution in [3.05, 3.63) is 29.3 Å². The van der Waals surface area contributed by atoms with Crippen LogP contribution in [0.5, 0.6) is 5.75 Å². The van der Waals surface area contributed by atoms with Gasteiger partial charge in [0.25, 0.3) is 0 Å². The molecule has 1 rings (SSSR count). The molecule has 0 fully saturated rings. The Kier molecular flexibility index (Phi) is 2.37. The second-order valence-electron chi connectivity index (χ2n) is 2.64. The van der Waals surface area contributed by atoms with Gasteiger partial charge in [0.15, 0.2) is 0 Å². The van der Waals surface area contributed by atoms with Gasteiger partial charge in [-0.05, 0) is 18.2 Å². The summed E-state index contributed by atoms with van der Waals surface area (Å²) >= 11 is 0. The summed E-state index contributed by atoms with van der Waals surface area (Å²) in [5, 5.41) is 15.9. The Bertz CT molecular complexity index is 373. The first-order valence-corrected chi connectivity index (χ1v) is 3.57. The van der Waals surface area contributed by atoms with E-state index in [9.17, 15) is 13.2 Å². The first kappa shape index (κ1) is 10.4. The van der Waals surface area contributed by atoms with Crippen LogP contribution in [0.3, 0.4) is 0 Å². The van der Waals surface area contributed by atoms with Crippen molar-refractivity contribution in [1.82, 2.24) is 0 Å². The number of alkyl halides is 3. The normalized spacial score (nSPS) is 11.4. The Balaban J connectivity index is 3.29. The standard InChI is InChI=1S/C8H7F3N2O/c9-8(10,11)5-3-4(7(12)13)1-2-6(5)14/h1-3,14H,(H3,12,13). The molecule has 0 atom stereocenters. The van der Waals surface area contributed by atoms with Crippen molar-refractivity contribution in [1.29, 1.82) is 5.41 Å². The first-order valence-electron chi connectivity index (χ1n) is 3.57. The molecule has 0 saturated carbocycles. The SMILES string of the molecule is N=C(N)c1ccc(O)c(C(F)(F)F)c1. The number of hydrogen-bond donors (Lipinski definition) is 3. The van der Waals surface area contributed by atoms with E-state index in [0.717, 1.165) is 12.1 Å². The molecule has 1 aromatic rings. The number of hydrogen-bond acceptors (Lipinski definition) is 2. The summed E-state index contributed by atoms with van der Waals surface area (Å²) in [6, 6.07) is 2.64. The van der Waals surface area contributed by atoms with E-state index in [-0.39, 0.29) is 5.56 Å². The highest BCUT2D eigenvalue weighted by atomic mass is 19.4. The second kappa shape index (κ2) is 3.21. The van der Waals surface area contributed by atoms with Gasteiger partial charge >= 0.3 is 6.18 Å². The minimum atomic E-state index is -4.64. The minimum Gasteiger partial charge on any atom is -0.507 e. The molecular formula is C8H7F3N2O. The minimum absolute atomic E-state index is 0.0740. The quantitative estimate of drug-likeness (QED) is 0.481. The number of nitrogens with two attached hydrogens (primary N) is 1. The van der Waals surface area contributed by atoms with Crippen molar-refractivity contribution in [3.8, 4) is 5.75 Å². The van der Waals surface area contributed by atoms with Gasteiger partial charge < -0.3 is 10.8 Å². The van der Waals surface area contributed by atoms with Gasteiger partial charge in [0.2, 0.25) is 0 Å². The Morgan fingerprint density at radius 2 is 1.93 bits per heavy atom. The number of benzene rings is 1. The zero-order chi connectivity index (χ0) is 10.9. The van der Waals surface area contributed by atoms with E-state index in [1.54, 1.807) is 0 Å². The smallest absolute Gasteiger partial charge is 0.419 e. The maximum atomic E-state index is 12.2. The molecule has 14 heavy (non-hydrogen) atoms. The first-order chi connectivity index (χ1) is 6.32. The van der Waals surface area contributed by atoms with Crippen LogP contribution in [0.1, 0.15) is 11.1 Å². The summed E-state index contributed by atoms with van der Waals surface area (Å²) in [5.41, 5.74) is 3.75. The maximum Gasteiger partial charge on any atom is 0.419 e. The van der Waals surface area contributed by atoms with Gasteiger partial charge in [-0.1, -0.05) is 0 Å². The van der Waals surface area contributed by atoms with Crippen LogP contribution >= 0.6 is 0 Å². The molecule has 0 aliphatic heterocycles. The van der Waals surface area contributed by atoms with Gasteiger partial charge in [-0.15, -0.1) is 0 Å². The Morgan fingerprint density at radius 3 is 2.36 bits per heavy atom. The second-order valence-corrected chi connectivity index (χ2v) is 2.64. The van der Waals surface area contributed by atoms with Gasteiger partial charge in [-0.3, -0.25) is 5.41 Å². The third-order valence-electron chi connectivity index (χ3n) is 1.61. The molecule has 0 radical (unpaired) electrons. The molecule has 76 valence electrons. The molecule has 0 spiro atoms. The van der Waals surface area contributed by atoms with E-state index in [2.05, 4.69) is 0 Å². The number of halogens is 3. The van der Waals surface area contributed by atoms with Crippen molar-refractivity contribution in [2.45, 2.75) is 6.18 Å². The van der Waals surface area contributed by atoms with E-state index >= 15 is 0 Å². The summed E-state index contributed by atoms with van der Waals surface area (Å²) < 4.78 is 36.7. The molecule has 1 aromatic carbocycles. The molecule has 6 heteroatoms. The van der Waals surface area contributed by atoms with Crippen molar-refractivity contribution in [2.24, 2.45) is 5.73 Å². The Hall–Kier alpha value is -1.72. The van der Waals surface area contributed by atoms with Gasteiger partial charge in [-0.2, -0.15) is 13.2 Å². The van der Waals surface area contributed by atoms with Crippen LogP contribution in [0, 0.1) is 5.41 Å². The van der Waals surface area contributed by atoms with Crippen molar-refractivity contribution in [2.75, 3.05) is 0 Å². The van der Waals surface area contributed by atoms with E-state index in [1.165, 1.54) is 0 Å². The third kappa shape index (κ3) is 1.95. The molecule has 4 N–H and O–H groups in total. The molecule has 0 aliphatic rings. The fourth-order valence-corrected chi connectivity index (χ4v) is 0.931. The number of phenolic OH excluding ortho intramolecular Hbond substituents is 1. The van der Waals surface area contributed by atoms with Gasteiger partial charge in [0, 0.05) is 5.56 Å². The summed E-state index contributed by atoms with van der Waals surface area (Å²) in [5.74, 6) is -1.35. The topological polar surface area (TPSA) is 70.1 Å². The molecule has 0 heterocycles. The predicted octanol–water partition coefficient (Wildman–Crippen LogP) is 1.70. The van der Waals surface area contributed by atoms with Crippen LogP contribution in [0.2, 0.25) is 0 Å². The zero-order valence-electron chi connectivity index (χ0n) is 6.89. The highest BCUT2D eigenvalue weighted by Gasteiger charge is 2.34. The van der Waals surface area contributed by atoms with Gasteiger partial charge in [0.1, 0.15) is 11.6 Å². The number of rotatable bonds is 1. The zero-order valence-corrected chi connectivity index (χ0v) is 6.89. The fraction of sp³-hybridized carbons (Fsp3) is 0.125. The van der Waals surface area contributed by atoms with E-state index in [0.29, 0.717) is 6.07 Å². The van der Waals surface area contributed by atoms with Crippen LogP contribution in [0.15, 0.2) is 18.2 Å². The third-order valence-corrected chi connectivity index (χ3v) is 1.61. The van der Waals surface area contributed by atoms with Crippen LogP contribution in [-0.4, -0.2) is 10.9 Å². The lowest BCUT2D eigenvalue weighted by molar-refractivity contribution is -0.138. The average Bonchev–Trinajstić information content (AvgIpc) is 2.02. The van der Waals surface area contributed by atoms with Crippen molar-refractivity contribution < 1.29 is 18.3 Å². The molecular weight excluding hydrogens is 197 g/mol. The maximum absolute atomic E-state index is 12.2. The Morgan fingerprint density at radius 1 is 1.36 bits per heavy atom. The van der Waals surface area contributed by atoms with E-state index < -0.39 is 23.3 Å². The highest BCUT2D eigenvalue weighted by molar-refractivity contribution is 5.95. The van der Waals surface area contributed by atoms with Gasteiger partial charge in [0.05, 0.1) is 5.56 Å². The number of nitrogens with one attached hydrogen (secondary N) is 1. The van der Waals surface area contributed by atoms with Crippen LogP contribution in [0.25, 0.3) is 0 Å². The van der Waals surface area contributed by atoms with Crippen molar-refractivity contribution in [3.63, 3.8) is 0 Å². The van der Waals surface area contributed by atoms with Crippen LogP contribution in [0.4, 0.5) is 13.2 Å². The molecule has 0 amide bonds. The molecule has 0 unspecified atom stereocenters. The highest BCUT2D eigenvalue weighted by Crippen LogP contribution is 2.35. The number of amidine groups is 1. The van der Waals surface area contributed by atoms with Crippen molar-refractivity contribution >= 4 is 5.84 Å². The molecule has 0 bridgehead atoms. The van der Waals surface area contributed by atoms with Crippen LogP contribution in [-0.2, 0) is 6.18 Å². The lowest BCUT2D eigenvalue weighted by atomic mass is 10.1. The van der Waals surface area contributed by atoms with Gasteiger partial charge in [-0.25, -0.2) is 0 Å². The predicted molar refractivity (Wildman–Crippen MR) is 44.1 cm³/mol. The molecule has 3 nitrogen and oxygen atoms in total.